The smallest absolute Gasteiger partial charge is 0.358 e. The van der Waals surface area contributed by atoms with Gasteiger partial charge in [-0.1, -0.05) is 42.5 Å². The summed E-state index contributed by atoms with van der Waals surface area (Å²) in [7, 11) is 3.24. The van der Waals surface area contributed by atoms with Gasteiger partial charge in [-0.05, 0) is 47.5 Å². The van der Waals surface area contributed by atoms with Gasteiger partial charge < -0.3 is 14.2 Å². The molecule has 31 heavy (non-hydrogen) atoms. The molecule has 0 saturated carbocycles. The lowest BCUT2D eigenvalue weighted by atomic mass is 10.1. The molecule has 0 aliphatic rings. The number of hydrogen-bond donors (Lipinski definition) is 0. The van der Waals surface area contributed by atoms with Crippen molar-refractivity contribution in [3.8, 4) is 32.5 Å². The molecule has 0 spiro atoms. The van der Waals surface area contributed by atoms with Crippen LogP contribution in [0.15, 0.2) is 78.9 Å². The van der Waals surface area contributed by atoms with E-state index < -0.39 is 5.97 Å². The molecule has 0 radical (unpaired) electrons. The quantitative estimate of drug-likeness (QED) is 0.344. The van der Waals surface area contributed by atoms with Crippen LogP contribution < -0.4 is 9.47 Å². The van der Waals surface area contributed by atoms with Crippen LogP contribution in [-0.2, 0) is 11.3 Å². The molecule has 0 aliphatic heterocycles. The van der Waals surface area contributed by atoms with Gasteiger partial charge in [-0.15, -0.1) is 11.3 Å². The molecule has 0 fully saturated rings. The fourth-order valence-corrected chi connectivity index (χ4v) is 4.21. The molecule has 1 aromatic heterocycles. The number of benzene rings is 3. The Bertz CT molecular complexity index is 1170. The molecule has 0 aliphatic carbocycles. The molecule has 1 heterocycles. The van der Waals surface area contributed by atoms with Crippen LogP contribution in [0, 0.1) is 0 Å². The Balaban J connectivity index is 1.72. The van der Waals surface area contributed by atoms with Gasteiger partial charge in [0.15, 0.2) is 5.69 Å². The van der Waals surface area contributed by atoms with Crippen LogP contribution in [-0.4, -0.2) is 25.2 Å². The Morgan fingerprint density at radius 2 is 1.58 bits per heavy atom. The molecule has 0 N–H and O–H groups in total. The van der Waals surface area contributed by atoms with Crippen molar-refractivity contribution in [2.45, 2.75) is 6.61 Å². The lowest BCUT2D eigenvalue weighted by molar-refractivity contribution is 0.0467. The van der Waals surface area contributed by atoms with Gasteiger partial charge >= 0.3 is 5.97 Å². The van der Waals surface area contributed by atoms with E-state index in [4.69, 9.17) is 14.2 Å². The number of aromatic nitrogens is 1. The van der Waals surface area contributed by atoms with E-state index >= 15 is 0 Å². The molecule has 156 valence electrons. The zero-order valence-electron chi connectivity index (χ0n) is 17.2. The number of carbonyl (C=O) groups excluding carboxylic acids is 1. The predicted molar refractivity (Wildman–Crippen MR) is 122 cm³/mol. The molecule has 0 bridgehead atoms. The fourth-order valence-electron chi connectivity index (χ4n) is 3.12. The minimum absolute atomic E-state index is 0.184. The van der Waals surface area contributed by atoms with E-state index in [9.17, 15) is 4.79 Å². The monoisotopic (exact) mass is 431 g/mol. The summed E-state index contributed by atoms with van der Waals surface area (Å²) in [4.78, 5) is 18.4. The topological polar surface area (TPSA) is 57.7 Å². The van der Waals surface area contributed by atoms with Crippen LogP contribution in [0.4, 0.5) is 0 Å². The average molecular weight is 432 g/mol. The maximum absolute atomic E-state index is 13.0. The molecule has 0 saturated heterocycles. The number of carbonyl (C=O) groups is 1. The summed E-state index contributed by atoms with van der Waals surface area (Å²) < 4.78 is 16.3. The van der Waals surface area contributed by atoms with E-state index in [1.54, 1.807) is 14.2 Å². The molecule has 4 aromatic rings. The number of nitrogens with zero attached hydrogens (tertiary/aromatic N) is 1. The molecule has 5 nitrogen and oxygen atoms in total. The third-order valence-corrected chi connectivity index (χ3v) is 5.86. The standard InChI is InChI=1S/C25H21NO4S/c1-28-19-14-12-18(13-15-19)23-22(25(27)30-16-17-8-4-3-5-9-17)26-24(31-23)20-10-6-7-11-21(20)29-2/h3-15H,16H2,1-2H3. The first-order valence-electron chi connectivity index (χ1n) is 9.69. The van der Waals surface area contributed by atoms with Crippen molar-refractivity contribution >= 4 is 17.3 Å². The number of para-hydroxylation sites is 1. The fraction of sp³-hybridized carbons (Fsp3) is 0.120. The van der Waals surface area contributed by atoms with Crippen molar-refractivity contribution in [1.82, 2.24) is 4.98 Å². The van der Waals surface area contributed by atoms with Crippen LogP contribution >= 0.6 is 11.3 Å². The van der Waals surface area contributed by atoms with Gasteiger partial charge in [0, 0.05) is 0 Å². The largest absolute Gasteiger partial charge is 0.497 e. The lowest BCUT2D eigenvalue weighted by Gasteiger charge is -2.06. The van der Waals surface area contributed by atoms with E-state index in [1.165, 1.54) is 11.3 Å². The Morgan fingerprint density at radius 3 is 2.29 bits per heavy atom. The summed E-state index contributed by atoms with van der Waals surface area (Å²) in [6.07, 6.45) is 0. The third-order valence-electron chi connectivity index (χ3n) is 4.72. The van der Waals surface area contributed by atoms with Crippen molar-refractivity contribution < 1.29 is 19.0 Å². The van der Waals surface area contributed by atoms with Crippen LogP contribution in [0.5, 0.6) is 11.5 Å². The Labute approximate surface area is 184 Å². The second kappa shape index (κ2) is 9.45. The van der Waals surface area contributed by atoms with Crippen LogP contribution in [0.2, 0.25) is 0 Å². The van der Waals surface area contributed by atoms with Crippen molar-refractivity contribution in [2.24, 2.45) is 0 Å². The van der Waals surface area contributed by atoms with Gasteiger partial charge in [-0.25, -0.2) is 9.78 Å². The minimum atomic E-state index is -0.466. The van der Waals surface area contributed by atoms with Crippen molar-refractivity contribution in [2.75, 3.05) is 14.2 Å². The van der Waals surface area contributed by atoms with E-state index in [2.05, 4.69) is 4.98 Å². The highest BCUT2D eigenvalue weighted by Gasteiger charge is 2.23. The number of rotatable bonds is 7. The molecule has 6 heteroatoms. The Morgan fingerprint density at radius 1 is 0.871 bits per heavy atom. The first-order valence-corrected chi connectivity index (χ1v) is 10.5. The zero-order valence-corrected chi connectivity index (χ0v) is 18.0. The highest BCUT2D eigenvalue weighted by atomic mass is 32.1. The molecule has 3 aromatic carbocycles. The van der Waals surface area contributed by atoms with Gasteiger partial charge in [0.1, 0.15) is 23.1 Å². The molecular formula is C25H21NO4S. The summed E-state index contributed by atoms with van der Waals surface area (Å²) in [5.41, 5.74) is 2.90. The minimum Gasteiger partial charge on any atom is -0.497 e. The highest BCUT2D eigenvalue weighted by molar-refractivity contribution is 7.18. The van der Waals surface area contributed by atoms with Crippen LogP contribution in [0.3, 0.4) is 0 Å². The summed E-state index contributed by atoms with van der Waals surface area (Å²) in [6.45, 7) is 0.184. The first-order chi connectivity index (χ1) is 15.2. The summed E-state index contributed by atoms with van der Waals surface area (Å²) in [6, 6.07) is 24.7. The Hall–Kier alpha value is -3.64. The van der Waals surface area contributed by atoms with E-state index in [0.29, 0.717) is 10.8 Å². The van der Waals surface area contributed by atoms with Gasteiger partial charge in [-0.2, -0.15) is 0 Å². The summed E-state index contributed by atoms with van der Waals surface area (Å²) in [5, 5.41) is 0.690. The van der Waals surface area contributed by atoms with Crippen LogP contribution in [0.25, 0.3) is 21.0 Å². The first kappa shape index (κ1) is 20.6. The molecule has 0 unspecified atom stereocenters. The van der Waals surface area contributed by atoms with E-state index in [-0.39, 0.29) is 12.3 Å². The zero-order chi connectivity index (χ0) is 21.6. The average Bonchev–Trinajstić information content (AvgIpc) is 3.28. The number of methoxy groups -OCH3 is 2. The second-order valence-corrected chi connectivity index (χ2v) is 7.69. The van der Waals surface area contributed by atoms with Gasteiger partial charge in [0.2, 0.25) is 0 Å². The third kappa shape index (κ3) is 4.59. The van der Waals surface area contributed by atoms with Crippen molar-refractivity contribution in [3.05, 3.63) is 90.1 Å². The van der Waals surface area contributed by atoms with E-state index in [0.717, 1.165) is 27.3 Å². The summed E-state index contributed by atoms with van der Waals surface area (Å²) >= 11 is 1.43. The van der Waals surface area contributed by atoms with Crippen molar-refractivity contribution in [1.29, 1.82) is 0 Å². The number of thiazole rings is 1. The maximum Gasteiger partial charge on any atom is 0.358 e. The number of hydrogen-bond acceptors (Lipinski definition) is 6. The Kier molecular flexibility index (Phi) is 6.29. The van der Waals surface area contributed by atoms with Crippen molar-refractivity contribution in [3.63, 3.8) is 0 Å². The highest BCUT2D eigenvalue weighted by Crippen LogP contribution is 2.39. The number of esters is 1. The molecule has 0 atom stereocenters. The van der Waals surface area contributed by atoms with Gasteiger partial charge in [-0.3, -0.25) is 0 Å². The molecule has 0 amide bonds. The van der Waals surface area contributed by atoms with Gasteiger partial charge in [0.05, 0.1) is 24.7 Å². The SMILES string of the molecule is COc1ccc(-c2sc(-c3ccccc3OC)nc2C(=O)OCc2ccccc2)cc1. The normalized spacial score (nSPS) is 10.5. The lowest BCUT2D eigenvalue weighted by Crippen LogP contribution is -2.07. The maximum atomic E-state index is 13.0. The summed E-state index contributed by atoms with van der Waals surface area (Å²) in [5.74, 6) is 0.972. The van der Waals surface area contributed by atoms with E-state index in [1.807, 2.05) is 78.9 Å². The second-order valence-electron chi connectivity index (χ2n) is 6.69. The number of ether oxygens (including phenoxy) is 3. The molecule has 4 rings (SSSR count). The molecular weight excluding hydrogens is 410 g/mol. The van der Waals surface area contributed by atoms with Gasteiger partial charge in [0.25, 0.3) is 0 Å². The predicted octanol–water partition coefficient (Wildman–Crippen LogP) is 5.85. The van der Waals surface area contributed by atoms with Crippen LogP contribution in [0.1, 0.15) is 16.1 Å².